The van der Waals surface area contributed by atoms with E-state index in [1.807, 2.05) is 32.0 Å². The second kappa shape index (κ2) is 16.0. The molecule has 9 nitrogen and oxygen atoms in total. The maximum absolute atomic E-state index is 13.1. The normalized spacial score (nSPS) is 15.1. The van der Waals surface area contributed by atoms with Gasteiger partial charge in [-0.25, -0.2) is 0 Å². The Balaban J connectivity index is 2.85. The van der Waals surface area contributed by atoms with Crippen LogP contribution in [0.2, 0.25) is 0 Å². The number of benzene rings is 1. The molecule has 0 saturated carbocycles. The molecule has 1 aromatic carbocycles. The van der Waals surface area contributed by atoms with Crippen molar-refractivity contribution < 1.29 is 28.9 Å². The predicted octanol–water partition coefficient (Wildman–Crippen LogP) is 3.44. The number of nitrogens with two attached hydrogens (primary N) is 2. The molecule has 0 aliphatic heterocycles. The van der Waals surface area contributed by atoms with Gasteiger partial charge in [0.05, 0.1) is 25.2 Å². The van der Waals surface area contributed by atoms with Gasteiger partial charge in [-0.1, -0.05) is 33.8 Å². The Kier molecular flexibility index (Phi) is 14.3. The van der Waals surface area contributed by atoms with E-state index in [0.717, 1.165) is 24.8 Å². The summed E-state index contributed by atoms with van der Waals surface area (Å²) in [6.07, 6.45) is 2.29. The number of aliphatic hydroxyl groups excluding tert-OH is 1. The Morgan fingerprint density at radius 3 is 2.26 bits per heavy atom. The van der Waals surface area contributed by atoms with E-state index < -0.39 is 23.0 Å². The van der Waals surface area contributed by atoms with Crippen LogP contribution in [0.1, 0.15) is 72.8 Å². The third-order valence-electron chi connectivity index (χ3n) is 7.67. The maximum atomic E-state index is 13.1. The number of aliphatic hydroxyl groups is 1. The van der Waals surface area contributed by atoms with Crippen molar-refractivity contribution in [3.05, 3.63) is 23.8 Å². The summed E-state index contributed by atoms with van der Waals surface area (Å²) < 4.78 is 16.5. The molecule has 3 atom stereocenters. The van der Waals surface area contributed by atoms with E-state index >= 15 is 0 Å². The summed E-state index contributed by atoms with van der Waals surface area (Å²) in [5.74, 6) is 0.996. The van der Waals surface area contributed by atoms with Crippen LogP contribution in [0, 0.1) is 23.2 Å². The number of primary amides is 1. The average Bonchev–Trinajstić information content (AvgIpc) is 2.87. The number of ether oxygens (including phenoxy) is 3. The zero-order valence-corrected chi connectivity index (χ0v) is 25.3. The highest BCUT2D eigenvalue weighted by molar-refractivity contribution is 5.87. The summed E-state index contributed by atoms with van der Waals surface area (Å²) in [4.78, 5) is 24.7. The summed E-state index contributed by atoms with van der Waals surface area (Å²) in [5, 5.41) is 13.7. The lowest BCUT2D eigenvalue weighted by Crippen LogP contribution is -2.60. The smallest absolute Gasteiger partial charge is 0.240 e. The highest BCUT2D eigenvalue weighted by Gasteiger charge is 2.40. The van der Waals surface area contributed by atoms with Gasteiger partial charge in [0.2, 0.25) is 11.8 Å². The standard InChI is InChI=1S/C30H53N3O6/c1-20(2)23(16-22-10-13-25(38-8)26(17-22)39-15-9-14-37-7)11-12-24(34)18-30(32,21(3)4)28(36)33-19-29(5,6)27(31)35/h10,13,17,20-21,23-24,34H,9,11-12,14-16,18-19,32H2,1-8H3,(H2,31,35)(H,33,36). The molecule has 0 fully saturated rings. The molecule has 1 aromatic rings. The summed E-state index contributed by atoms with van der Waals surface area (Å²) >= 11 is 0. The van der Waals surface area contributed by atoms with Crippen molar-refractivity contribution >= 4 is 11.8 Å². The number of rotatable bonds is 19. The van der Waals surface area contributed by atoms with Crippen LogP contribution in [-0.4, -0.2) is 62.5 Å². The Bertz CT molecular complexity index is 905. The van der Waals surface area contributed by atoms with Gasteiger partial charge in [0.15, 0.2) is 11.5 Å². The first kappa shape index (κ1) is 34.7. The van der Waals surface area contributed by atoms with Gasteiger partial charge in [0.25, 0.3) is 0 Å². The number of methoxy groups -OCH3 is 2. The van der Waals surface area contributed by atoms with Crippen molar-refractivity contribution in [2.24, 2.45) is 34.6 Å². The zero-order valence-electron chi connectivity index (χ0n) is 25.3. The van der Waals surface area contributed by atoms with Crippen LogP contribution in [0.4, 0.5) is 0 Å². The van der Waals surface area contributed by atoms with Crippen LogP contribution >= 0.6 is 0 Å². The van der Waals surface area contributed by atoms with E-state index in [-0.39, 0.29) is 24.8 Å². The molecule has 3 unspecified atom stereocenters. The number of nitrogens with one attached hydrogen (secondary N) is 1. The molecule has 224 valence electrons. The molecular formula is C30H53N3O6. The minimum atomic E-state index is -1.27. The van der Waals surface area contributed by atoms with Gasteiger partial charge >= 0.3 is 0 Å². The highest BCUT2D eigenvalue weighted by Crippen LogP contribution is 2.32. The van der Waals surface area contributed by atoms with Gasteiger partial charge in [0.1, 0.15) is 5.54 Å². The first-order chi connectivity index (χ1) is 18.2. The third-order valence-corrected chi connectivity index (χ3v) is 7.67. The molecule has 0 heterocycles. The monoisotopic (exact) mass is 551 g/mol. The van der Waals surface area contributed by atoms with Gasteiger partial charge in [-0.3, -0.25) is 9.59 Å². The van der Waals surface area contributed by atoms with Gasteiger partial charge < -0.3 is 36.1 Å². The van der Waals surface area contributed by atoms with Crippen LogP contribution in [-0.2, 0) is 20.7 Å². The first-order valence-corrected chi connectivity index (χ1v) is 14.0. The molecule has 6 N–H and O–H groups in total. The van der Waals surface area contributed by atoms with E-state index in [2.05, 4.69) is 19.2 Å². The van der Waals surface area contributed by atoms with Crippen molar-refractivity contribution in [3.8, 4) is 11.5 Å². The van der Waals surface area contributed by atoms with E-state index in [1.165, 1.54) is 0 Å². The lowest BCUT2D eigenvalue weighted by atomic mass is 9.78. The van der Waals surface area contributed by atoms with E-state index in [4.69, 9.17) is 25.7 Å². The fraction of sp³-hybridized carbons (Fsp3) is 0.733. The molecule has 39 heavy (non-hydrogen) atoms. The predicted molar refractivity (Wildman–Crippen MR) is 155 cm³/mol. The molecule has 0 aliphatic rings. The minimum Gasteiger partial charge on any atom is -0.493 e. The van der Waals surface area contributed by atoms with E-state index in [0.29, 0.717) is 43.0 Å². The topological polar surface area (TPSA) is 146 Å². The van der Waals surface area contributed by atoms with Gasteiger partial charge in [-0.2, -0.15) is 0 Å². The molecule has 0 bridgehead atoms. The fourth-order valence-corrected chi connectivity index (χ4v) is 4.36. The lowest BCUT2D eigenvalue weighted by molar-refractivity contribution is -0.131. The van der Waals surface area contributed by atoms with Gasteiger partial charge in [-0.15, -0.1) is 0 Å². The van der Waals surface area contributed by atoms with E-state index in [9.17, 15) is 14.7 Å². The summed E-state index contributed by atoms with van der Waals surface area (Å²) in [7, 11) is 3.30. The van der Waals surface area contributed by atoms with E-state index in [1.54, 1.807) is 28.1 Å². The summed E-state index contributed by atoms with van der Waals surface area (Å²) in [6, 6.07) is 6.00. The molecule has 0 saturated heterocycles. The SMILES string of the molecule is COCCCOc1cc(CC(CCC(O)CC(N)(C(=O)NCC(C)(C)C(N)=O)C(C)C)C(C)C)ccc1OC. The van der Waals surface area contributed by atoms with Crippen molar-refractivity contribution in [3.63, 3.8) is 0 Å². The van der Waals surface area contributed by atoms with Gasteiger partial charge in [0, 0.05) is 33.1 Å². The van der Waals surface area contributed by atoms with Gasteiger partial charge in [-0.05, 0) is 68.6 Å². The average molecular weight is 552 g/mol. The molecular weight excluding hydrogens is 498 g/mol. The Labute approximate surface area is 235 Å². The first-order valence-electron chi connectivity index (χ1n) is 14.0. The second-order valence-corrected chi connectivity index (χ2v) is 11.9. The van der Waals surface area contributed by atoms with Crippen LogP contribution in [0.3, 0.4) is 0 Å². The quantitative estimate of drug-likeness (QED) is 0.193. The van der Waals surface area contributed by atoms with Crippen molar-refractivity contribution in [1.82, 2.24) is 5.32 Å². The lowest BCUT2D eigenvalue weighted by Gasteiger charge is -2.35. The number of hydrogen-bond acceptors (Lipinski definition) is 7. The Morgan fingerprint density at radius 1 is 1.05 bits per heavy atom. The molecule has 1 rings (SSSR count). The molecule has 0 radical (unpaired) electrons. The van der Waals surface area contributed by atoms with Crippen LogP contribution in [0.5, 0.6) is 11.5 Å². The molecule has 2 amide bonds. The molecule has 0 aromatic heterocycles. The highest BCUT2D eigenvalue weighted by atomic mass is 16.5. The van der Waals surface area contributed by atoms with Crippen molar-refractivity contribution in [2.45, 2.75) is 85.3 Å². The maximum Gasteiger partial charge on any atom is 0.240 e. The minimum absolute atomic E-state index is 0.0816. The second-order valence-electron chi connectivity index (χ2n) is 11.9. The molecule has 9 heteroatoms. The largest absolute Gasteiger partial charge is 0.493 e. The zero-order chi connectivity index (χ0) is 29.8. The van der Waals surface area contributed by atoms with Crippen LogP contribution < -0.4 is 26.3 Å². The Morgan fingerprint density at radius 2 is 1.72 bits per heavy atom. The van der Waals surface area contributed by atoms with Crippen molar-refractivity contribution in [2.75, 3.05) is 34.0 Å². The van der Waals surface area contributed by atoms with Crippen LogP contribution in [0.15, 0.2) is 18.2 Å². The summed E-state index contributed by atoms with van der Waals surface area (Å²) in [6.45, 7) is 12.7. The number of carbonyl (C=O) groups excluding carboxylic acids is 2. The summed E-state index contributed by atoms with van der Waals surface area (Å²) in [5.41, 5.74) is 11.0. The Hall–Kier alpha value is -2.36. The third kappa shape index (κ3) is 11.0. The number of hydrogen-bond donors (Lipinski definition) is 4. The molecule has 0 aliphatic carbocycles. The number of amides is 2. The fourth-order valence-electron chi connectivity index (χ4n) is 4.36. The van der Waals surface area contributed by atoms with Crippen molar-refractivity contribution in [1.29, 1.82) is 0 Å². The number of carbonyl (C=O) groups is 2. The molecule has 0 spiro atoms. The van der Waals surface area contributed by atoms with Crippen LogP contribution in [0.25, 0.3) is 0 Å².